The van der Waals surface area contributed by atoms with Crippen molar-refractivity contribution in [1.29, 1.82) is 0 Å². The first-order valence-electron chi connectivity index (χ1n) is 24.8. The topological polar surface area (TPSA) is 151 Å². The quantitative estimate of drug-likeness (QED) is 0.0955. The molecule has 3 aliphatic rings. The number of aromatic nitrogens is 5. The van der Waals surface area contributed by atoms with Gasteiger partial charge in [0.2, 0.25) is 11.8 Å². The Hall–Kier alpha value is -5.17. The number of rotatable bonds is 17. The van der Waals surface area contributed by atoms with Crippen LogP contribution >= 0.6 is 27.5 Å². The minimum Gasteiger partial charge on any atom is -0.437 e. The Morgan fingerprint density at radius 2 is 1.35 bits per heavy atom. The van der Waals surface area contributed by atoms with Gasteiger partial charge in [0, 0.05) is 119 Å². The predicted molar refractivity (Wildman–Crippen MR) is 283 cm³/mol. The molecule has 3 aromatic heterocycles. The van der Waals surface area contributed by atoms with E-state index in [2.05, 4.69) is 66.4 Å². The maximum atomic E-state index is 14.8. The van der Waals surface area contributed by atoms with E-state index in [1.807, 2.05) is 108 Å². The summed E-state index contributed by atoms with van der Waals surface area (Å²) in [6.07, 6.45) is 16.2. The van der Waals surface area contributed by atoms with Gasteiger partial charge in [-0.2, -0.15) is 0 Å². The highest BCUT2D eigenvalue weighted by Crippen LogP contribution is 2.40. The number of imidazole rings is 2. The van der Waals surface area contributed by atoms with E-state index in [0.29, 0.717) is 63.9 Å². The van der Waals surface area contributed by atoms with Crippen molar-refractivity contribution in [2.75, 3.05) is 52.4 Å². The standard InChI is InChI=1S/C33H37BBrClN6O2.C19H28BN5O2/c1-34(44)41-16-17-42(32-29-11-10-28(36)19-25(29)8-9-26-18-27(35)20-38-31(26)32)30(22-41)33(43)40(21-24-6-3-2-4-7-24)14-5-13-39-15-12-37-23-39;1-20(27)25-13-9-22-18(15-25)19(26)24(14-17-6-3-2-4-7-17)11-5-10-23-12-8-21-16-23/h2-4,6-7,10-12,15,18-20,23,30,32,44H,5,8-9,13-14,16-17,21-22H2,1H3;2-4,6-8,12,16,18,22,27H,5,9-11,13-15H2,1H3/t30-,32?;18-/m11/s1. The molecule has 372 valence electrons. The van der Waals surface area contributed by atoms with Gasteiger partial charge in [0.05, 0.1) is 30.4 Å². The summed E-state index contributed by atoms with van der Waals surface area (Å²) in [5, 5.41) is 24.5. The van der Waals surface area contributed by atoms with Crippen LogP contribution in [0.2, 0.25) is 18.7 Å². The molecule has 9 rings (SSSR count). The number of benzene rings is 3. The fourth-order valence-electron chi connectivity index (χ4n) is 10.0. The van der Waals surface area contributed by atoms with E-state index in [-0.39, 0.29) is 23.9 Å². The van der Waals surface area contributed by atoms with Crippen LogP contribution < -0.4 is 5.32 Å². The fraction of sp³-hybridized carbons (Fsp3) is 0.404. The Morgan fingerprint density at radius 1 is 0.761 bits per heavy atom. The second kappa shape index (κ2) is 25.5. The molecule has 3 atom stereocenters. The molecule has 2 saturated heterocycles. The number of pyridine rings is 1. The summed E-state index contributed by atoms with van der Waals surface area (Å²) in [6, 6.07) is 27.5. The smallest absolute Gasteiger partial charge is 0.376 e. The van der Waals surface area contributed by atoms with Crippen LogP contribution in [0.4, 0.5) is 0 Å². The lowest BCUT2D eigenvalue weighted by atomic mass is 9.82. The summed E-state index contributed by atoms with van der Waals surface area (Å²) in [4.78, 5) is 51.4. The van der Waals surface area contributed by atoms with Crippen molar-refractivity contribution >= 4 is 53.4 Å². The Bertz CT molecular complexity index is 2550. The number of nitrogens with one attached hydrogen (secondary N) is 1. The number of piperazine rings is 2. The van der Waals surface area contributed by atoms with Crippen LogP contribution in [0.3, 0.4) is 0 Å². The van der Waals surface area contributed by atoms with E-state index in [0.717, 1.165) is 72.2 Å². The molecular weight excluding hydrogens is 980 g/mol. The Balaban J connectivity index is 0.000000214. The Labute approximate surface area is 432 Å². The molecule has 0 bridgehead atoms. The van der Waals surface area contributed by atoms with Crippen LogP contribution in [0.5, 0.6) is 0 Å². The summed E-state index contributed by atoms with van der Waals surface area (Å²) >= 11 is 10.1. The largest absolute Gasteiger partial charge is 0.437 e. The third-order valence-corrected chi connectivity index (χ3v) is 14.5. The number of carbonyl (C=O) groups excluding carboxylic acids is 2. The van der Waals surface area contributed by atoms with Gasteiger partial charge in [-0.1, -0.05) is 78.3 Å². The highest BCUT2D eigenvalue weighted by molar-refractivity contribution is 9.10. The number of fused-ring (bicyclic) bond motifs is 2. The molecule has 0 spiro atoms. The fourth-order valence-corrected chi connectivity index (χ4v) is 10.6. The summed E-state index contributed by atoms with van der Waals surface area (Å²) in [7, 11) is -1.19. The lowest BCUT2D eigenvalue weighted by Crippen LogP contribution is -2.62. The second-order valence-corrected chi connectivity index (χ2v) is 20.1. The van der Waals surface area contributed by atoms with E-state index in [4.69, 9.17) is 16.6 Å². The second-order valence-electron chi connectivity index (χ2n) is 18.8. The highest BCUT2D eigenvalue weighted by atomic mass is 79.9. The number of carbonyl (C=O) groups is 2. The van der Waals surface area contributed by atoms with E-state index in [1.165, 1.54) is 11.1 Å². The van der Waals surface area contributed by atoms with Crippen LogP contribution in [-0.2, 0) is 48.6 Å². The molecule has 1 unspecified atom stereocenters. The van der Waals surface area contributed by atoms with Gasteiger partial charge in [-0.25, -0.2) is 9.97 Å². The molecule has 5 heterocycles. The summed E-state index contributed by atoms with van der Waals surface area (Å²) in [5.41, 5.74) is 6.68. The molecule has 6 aromatic rings. The van der Waals surface area contributed by atoms with Crippen molar-refractivity contribution in [2.45, 2.75) is 83.6 Å². The van der Waals surface area contributed by atoms with Crippen molar-refractivity contribution in [1.82, 2.24) is 53.7 Å². The van der Waals surface area contributed by atoms with Crippen molar-refractivity contribution < 1.29 is 19.6 Å². The van der Waals surface area contributed by atoms with Gasteiger partial charge < -0.3 is 43.9 Å². The van der Waals surface area contributed by atoms with Crippen LogP contribution in [0.1, 0.15) is 52.4 Å². The zero-order chi connectivity index (χ0) is 49.7. The highest BCUT2D eigenvalue weighted by Gasteiger charge is 2.43. The van der Waals surface area contributed by atoms with Gasteiger partial charge in [-0.05, 0) is 101 Å². The van der Waals surface area contributed by atoms with Gasteiger partial charge in [-0.15, -0.1) is 0 Å². The Kier molecular flexibility index (Phi) is 18.7. The van der Waals surface area contributed by atoms with E-state index >= 15 is 0 Å². The molecule has 2 fully saturated rings. The maximum absolute atomic E-state index is 14.8. The van der Waals surface area contributed by atoms with Crippen molar-refractivity contribution in [3.8, 4) is 0 Å². The van der Waals surface area contributed by atoms with Crippen molar-refractivity contribution in [3.63, 3.8) is 0 Å². The third kappa shape index (κ3) is 14.1. The summed E-state index contributed by atoms with van der Waals surface area (Å²) in [6.45, 7) is 11.2. The lowest BCUT2D eigenvalue weighted by Gasteiger charge is -2.46. The number of amides is 2. The van der Waals surface area contributed by atoms with E-state index < -0.39 is 20.1 Å². The first-order chi connectivity index (χ1) is 34.5. The zero-order valence-electron chi connectivity index (χ0n) is 40.8. The summed E-state index contributed by atoms with van der Waals surface area (Å²) < 4.78 is 5.01. The van der Waals surface area contributed by atoms with Crippen LogP contribution in [0, 0.1) is 0 Å². The SMILES string of the molecule is CB(O)N1CCN(C2c3ccc(Cl)cc3CCc3cc(Br)cnc32)[C@@H](C(=O)N(CCCn2ccnc2)Cc2ccccc2)C1.CB(O)N1CCN[C@@H](C(=O)N(CCCn2ccnc2)Cc2ccccc2)C1. The molecule has 0 saturated carbocycles. The lowest BCUT2D eigenvalue weighted by molar-refractivity contribution is -0.140. The first-order valence-corrected chi connectivity index (χ1v) is 26.0. The average Bonchev–Trinajstić information content (AvgIpc) is 4.09. The maximum Gasteiger partial charge on any atom is 0.376 e. The predicted octanol–water partition coefficient (Wildman–Crippen LogP) is 5.78. The molecule has 19 heteroatoms. The van der Waals surface area contributed by atoms with Gasteiger partial charge in [0.1, 0.15) is 6.04 Å². The van der Waals surface area contributed by atoms with Crippen molar-refractivity contribution in [3.05, 3.63) is 172 Å². The van der Waals surface area contributed by atoms with Crippen molar-refractivity contribution in [2.24, 2.45) is 0 Å². The third-order valence-electron chi connectivity index (χ3n) is 13.8. The number of hydrogen-bond donors (Lipinski definition) is 3. The molecular formula is C52H65B2BrClN11O4. The monoisotopic (exact) mass is 1040 g/mol. The molecule has 3 N–H and O–H groups in total. The molecule has 3 aromatic carbocycles. The normalized spacial score (nSPS) is 18.3. The number of halogens is 2. The zero-order valence-corrected chi connectivity index (χ0v) is 43.1. The first kappa shape index (κ1) is 52.2. The van der Waals surface area contributed by atoms with Gasteiger partial charge in [0.15, 0.2) is 0 Å². The van der Waals surface area contributed by atoms with Gasteiger partial charge in [0.25, 0.3) is 0 Å². The van der Waals surface area contributed by atoms with Gasteiger partial charge in [-0.3, -0.25) is 19.5 Å². The van der Waals surface area contributed by atoms with Crippen LogP contribution in [0.25, 0.3) is 0 Å². The van der Waals surface area contributed by atoms with E-state index in [9.17, 15) is 19.6 Å². The molecule has 0 radical (unpaired) electrons. The molecule has 2 aliphatic heterocycles. The molecule has 2 amide bonds. The minimum atomic E-state index is -0.655. The van der Waals surface area contributed by atoms with Crippen LogP contribution in [0.15, 0.2) is 133 Å². The minimum absolute atomic E-state index is 0.0586. The van der Waals surface area contributed by atoms with E-state index in [1.54, 1.807) is 32.4 Å². The number of hydrogen-bond acceptors (Lipinski definition) is 11. The average molecular weight is 1050 g/mol. The number of aryl methyl sites for hydroxylation is 4. The number of nitrogens with zero attached hydrogens (tertiary/aromatic N) is 10. The van der Waals surface area contributed by atoms with Gasteiger partial charge >= 0.3 is 14.1 Å². The Morgan fingerprint density at radius 3 is 1.94 bits per heavy atom. The summed E-state index contributed by atoms with van der Waals surface area (Å²) in [5.74, 6) is 0.151. The molecule has 71 heavy (non-hydrogen) atoms. The van der Waals surface area contributed by atoms with Crippen LogP contribution in [-0.4, -0.2) is 149 Å². The molecule has 15 nitrogen and oxygen atoms in total. The molecule has 1 aliphatic carbocycles.